The molecule has 0 saturated heterocycles. The zero-order chi connectivity index (χ0) is 15.4. The first-order valence-corrected chi connectivity index (χ1v) is 7.76. The SMILES string of the molecule is CCCNC(c1cc(OC)cs1)c1ccc(C)c(F)c1F. The van der Waals surface area contributed by atoms with Crippen molar-refractivity contribution in [3.63, 3.8) is 0 Å². The number of nitrogens with one attached hydrogen (secondary N) is 1. The van der Waals surface area contributed by atoms with Crippen LogP contribution in [0.15, 0.2) is 23.6 Å². The maximum absolute atomic E-state index is 14.3. The lowest BCUT2D eigenvalue weighted by Crippen LogP contribution is -2.23. The van der Waals surface area contributed by atoms with Gasteiger partial charge >= 0.3 is 0 Å². The van der Waals surface area contributed by atoms with Gasteiger partial charge in [-0.25, -0.2) is 8.78 Å². The van der Waals surface area contributed by atoms with Crippen LogP contribution in [-0.4, -0.2) is 13.7 Å². The minimum atomic E-state index is -0.782. The van der Waals surface area contributed by atoms with Crippen LogP contribution in [0.25, 0.3) is 0 Å². The second-order valence-electron chi connectivity index (χ2n) is 4.88. The molecule has 0 saturated carbocycles. The quantitative estimate of drug-likeness (QED) is 0.852. The number of aryl methyl sites for hydroxylation is 1. The van der Waals surface area contributed by atoms with Crippen molar-refractivity contribution in [3.05, 3.63) is 51.2 Å². The number of benzene rings is 1. The Morgan fingerprint density at radius 3 is 2.67 bits per heavy atom. The number of thiophene rings is 1. The Hall–Kier alpha value is -1.46. The van der Waals surface area contributed by atoms with Gasteiger partial charge < -0.3 is 10.1 Å². The average molecular weight is 311 g/mol. The van der Waals surface area contributed by atoms with Crippen LogP contribution in [0.3, 0.4) is 0 Å². The van der Waals surface area contributed by atoms with Crippen molar-refractivity contribution in [1.82, 2.24) is 5.32 Å². The van der Waals surface area contributed by atoms with Gasteiger partial charge in [-0.05, 0) is 31.5 Å². The molecule has 2 aromatic rings. The zero-order valence-corrected chi connectivity index (χ0v) is 13.2. The van der Waals surface area contributed by atoms with E-state index < -0.39 is 11.6 Å². The highest BCUT2D eigenvalue weighted by Gasteiger charge is 2.22. The molecule has 0 amide bonds. The third-order valence-corrected chi connectivity index (χ3v) is 4.31. The molecule has 1 unspecified atom stereocenters. The zero-order valence-electron chi connectivity index (χ0n) is 12.4. The lowest BCUT2D eigenvalue weighted by atomic mass is 10.0. The fraction of sp³-hybridized carbons (Fsp3) is 0.375. The van der Waals surface area contributed by atoms with Crippen LogP contribution in [0.4, 0.5) is 8.78 Å². The summed E-state index contributed by atoms with van der Waals surface area (Å²) < 4.78 is 33.3. The summed E-state index contributed by atoms with van der Waals surface area (Å²) in [5.41, 5.74) is 0.644. The fourth-order valence-corrected chi connectivity index (χ4v) is 3.08. The third kappa shape index (κ3) is 3.41. The van der Waals surface area contributed by atoms with E-state index in [9.17, 15) is 8.78 Å². The molecule has 0 spiro atoms. The molecule has 1 aromatic heterocycles. The van der Waals surface area contributed by atoms with Crippen LogP contribution in [0.2, 0.25) is 0 Å². The van der Waals surface area contributed by atoms with E-state index in [1.54, 1.807) is 26.2 Å². The summed E-state index contributed by atoms with van der Waals surface area (Å²) in [7, 11) is 1.59. The Bertz CT molecular complexity index is 612. The number of halogens is 2. The monoisotopic (exact) mass is 311 g/mol. The number of ether oxygens (including phenoxy) is 1. The highest BCUT2D eigenvalue weighted by atomic mass is 32.1. The molecule has 1 heterocycles. The maximum atomic E-state index is 14.3. The van der Waals surface area contributed by atoms with E-state index in [0.717, 1.165) is 23.6 Å². The van der Waals surface area contributed by atoms with Crippen molar-refractivity contribution in [1.29, 1.82) is 0 Å². The number of hydrogen-bond acceptors (Lipinski definition) is 3. The molecule has 0 aliphatic carbocycles. The molecule has 114 valence electrons. The molecule has 5 heteroatoms. The van der Waals surface area contributed by atoms with Gasteiger partial charge in [0.15, 0.2) is 11.6 Å². The molecule has 2 rings (SSSR count). The summed E-state index contributed by atoms with van der Waals surface area (Å²) >= 11 is 1.47. The summed E-state index contributed by atoms with van der Waals surface area (Å²) in [5.74, 6) is -0.832. The predicted octanol–water partition coefficient (Wildman–Crippen LogP) is 4.43. The molecule has 1 atom stereocenters. The van der Waals surface area contributed by atoms with Crippen molar-refractivity contribution < 1.29 is 13.5 Å². The van der Waals surface area contributed by atoms with Gasteiger partial charge in [0.25, 0.3) is 0 Å². The molecule has 2 nitrogen and oxygen atoms in total. The molecule has 0 aliphatic heterocycles. The van der Waals surface area contributed by atoms with Gasteiger partial charge in [-0.1, -0.05) is 19.1 Å². The van der Waals surface area contributed by atoms with E-state index >= 15 is 0 Å². The molecular formula is C16H19F2NOS. The smallest absolute Gasteiger partial charge is 0.164 e. The lowest BCUT2D eigenvalue weighted by Gasteiger charge is -2.19. The molecule has 0 fully saturated rings. The minimum Gasteiger partial charge on any atom is -0.496 e. The van der Waals surface area contributed by atoms with Gasteiger partial charge in [0.1, 0.15) is 5.75 Å². The molecule has 1 N–H and O–H groups in total. The van der Waals surface area contributed by atoms with Gasteiger partial charge in [-0.3, -0.25) is 0 Å². The van der Waals surface area contributed by atoms with Crippen LogP contribution in [0, 0.1) is 18.6 Å². The Labute approximate surface area is 127 Å². The Morgan fingerprint density at radius 2 is 2.05 bits per heavy atom. The Morgan fingerprint density at radius 1 is 1.29 bits per heavy atom. The topological polar surface area (TPSA) is 21.3 Å². The first-order valence-electron chi connectivity index (χ1n) is 6.88. The second kappa shape index (κ2) is 7.00. The normalized spacial score (nSPS) is 12.4. The van der Waals surface area contributed by atoms with E-state index in [1.807, 2.05) is 18.4 Å². The molecule has 21 heavy (non-hydrogen) atoms. The molecule has 0 bridgehead atoms. The van der Waals surface area contributed by atoms with Crippen LogP contribution in [-0.2, 0) is 0 Å². The summed E-state index contributed by atoms with van der Waals surface area (Å²) in [4.78, 5) is 0.905. The van der Waals surface area contributed by atoms with E-state index in [0.29, 0.717) is 11.1 Å². The molecular weight excluding hydrogens is 292 g/mol. The minimum absolute atomic E-state index is 0.314. The highest BCUT2D eigenvalue weighted by Crippen LogP contribution is 2.33. The summed E-state index contributed by atoms with van der Waals surface area (Å²) in [6.07, 6.45) is 0.912. The van der Waals surface area contributed by atoms with Gasteiger partial charge in [-0.15, -0.1) is 11.3 Å². The third-order valence-electron chi connectivity index (χ3n) is 3.33. The van der Waals surface area contributed by atoms with Crippen LogP contribution >= 0.6 is 11.3 Å². The van der Waals surface area contributed by atoms with Crippen molar-refractivity contribution in [2.45, 2.75) is 26.3 Å². The van der Waals surface area contributed by atoms with Crippen molar-refractivity contribution in [3.8, 4) is 5.75 Å². The largest absolute Gasteiger partial charge is 0.496 e. The van der Waals surface area contributed by atoms with E-state index in [-0.39, 0.29) is 6.04 Å². The second-order valence-corrected chi connectivity index (χ2v) is 5.82. The first kappa shape index (κ1) is 15.9. The van der Waals surface area contributed by atoms with Crippen LogP contribution in [0.5, 0.6) is 5.75 Å². The van der Waals surface area contributed by atoms with E-state index in [4.69, 9.17) is 4.74 Å². The van der Waals surface area contributed by atoms with Crippen LogP contribution < -0.4 is 10.1 Å². The van der Waals surface area contributed by atoms with Gasteiger partial charge in [0, 0.05) is 15.8 Å². The van der Waals surface area contributed by atoms with E-state index in [1.165, 1.54) is 11.3 Å². The summed E-state index contributed by atoms with van der Waals surface area (Å²) in [5, 5.41) is 5.13. The average Bonchev–Trinajstić information content (AvgIpc) is 2.96. The molecule has 0 radical (unpaired) electrons. The standard InChI is InChI=1S/C16H19F2NOS/c1-4-7-19-16(13-8-11(20-3)9-21-13)12-6-5-10(2)14(17)15(12)18/h5-6,8-9,16,19H,4,7H2,1-3H3. The number of methoxy groups -OCH3 is 1. The summed E-state index contributed by atoms with van der Waals surface area (Å²) in [6, 6.07) is 4.75. The van der Waals surface area contributed by atoms with E-state index in [2.05, 4.69) is 5.32 Å². The van der Waals surface area contributed by atoms with Crippen molar-refractivity contribution >= 4 is 11.3 Å². The maximum Gasteiger partial charge on any atom is 0.164 e. The molecule has 0 aliphatic rings. The van der Waals surface area contributed by atoms with Crippen LogP contribution in [0.1, 0.15) is 35.4 Å². The number of rotatable bonds is 6. The first-order chi connectivity index (χ1) is 10.1. The Balaban J connectivity index is 2.42. The van der Waals surface area contributed by atoms with Crippen molar-refractivity contribution in [2.75, 3.05) is 13.7 Å². The lowest BCUT2D eigenvalue weighted by molar-refractivity contribution is 0.416. The van der Waals surface area contributed by atoms with Gasteiger partial charge in [-0.2, -0.15) is 0 Å². The van der Waals surface area contributed by atoms with Gasteiger partial charge in [0.2, 0.25) is 0 Å². The Kier molecular flexibility index (Phi) is 5.31. The van der Waals surface area contributed by atoms with Gasteiger partial charge in [0.05, 0.1) is 13.2 Å². The fourth-order valence-electron chi connectivity index (χ4n) is 2.13. The molecule has 1 aromatic carbocycles. The number of hydrogen-bond donors (Lipinski definition) is 1. The van der Waals surface area contributed by atoms with Crippen molar-refractivity contribution in [2.24, 2.45) is 0 Å². The predicted molar refractivity (Wildman–Crippen MR) is 82.1 cm³/mol. The summed E-state index contributed by atoms with van der Waals surface area (Å²) in [6.45, 7) is 4.32. The highest BCUT2D eigenvalue weighted by molar-refractivity contribution is 7.10.